The van der Waals surface area contributed by atoms with E-state index < -0.39 is 11.9 Å². The number of hydrogen-bond donors (Lipinski definition) is 4. The van der Waals surface area contributed by atoms with Gasteiger partial charge in [0.1, 0.15) is 13.4 Å². The van der Waals surface area contributed by atoms with Gasteiger partial charge in [0.15, 0.2) is 0 Å². The molecule has 4 N–H and O–H groups in total. The van der Waals surface area contributed by atoms with Crippen molar-refractivity contribution in [3.63, 3.8) is 0 Å². The van der Waals surface area contributed by atoms with Crippen LogP contribution in [0.3, 0.4) is 0 Å². The molecule has 4 rings (SSSR count). The van der Waals surface area contributed by atoms with Gasteiger partial charge in [-0.3, -0.25) is 10.1 Å². The Bertz CT molecular complexity index is 1430. The Kier molecular flexibility index (Phi) is 10.1. The zero-order chi connectivity index (χ0) is 28.4. The van der Waals surface area contributed by atoms with E-state index >= 15 is 0 Å². The molecule has 0 fully saturated rings. The second-order valence-electron chi connectivity index (χ2n) is 8.94. The summed E-state index contributed by atoms with van der Waals surface area (Å²) >= 11 is 0. The summed E-state index contributed by atoms with van der Waals surface area (Å²) in [4.78, 5) is 36.5. The Morgan fingerprint density at radius 3 is 1.92 bits per heavy atom. The van der Waals surface area contributed by atoms with E-state index in [9.17, 15) is 14.7 Å². The molecule has 39 heavy (non-hydrogen) atoms. The predicted octanol–water partition coefficient (Wildman–Crippen LogP) is 6.39. The van der Waals surface area contributed by atoms with Gasteiger partial charge in [0.05, 0.1) is 11.1 Å². The van der Waals surface area contributed by atoms with Crippen LogP contribution < -0.4 is 10.6 Å². The molecular weight excluding hydrogens is 496 g/mol. The van der Waals surface area contributed by atoms with Crippen LogP contribution in [-0.4, -0.2) is 29.0 Å². The number of aryl methyl sites for hydroxylation is 2. The Labute approximate surface area is 226 Å². The minimum atomic E-state index is -1.14. The molecular formula is C31H30N2O6. The van der Waals surface area contributed by atoms with Gasteiger partial charge in [-0.25, -0.2) is 9.68 Å². The molecule has 0 radical (unpaired) electrons. The van der Waals surface area contributed by atoms with Gasteiger partial charge in [0.25, 0.3) is 5.91 Å². The highest BCUT2D eigenvalue weighted by Gasteiger charge is 2.17. The van der Waals surface area contributed by atoms with Crippen LogP contribution in [0.4, 0.5) is 17.1 Å². The van der Waals surface area contributed by atoms with Gasteiger partial charge < -0.3 is 20.5 Å². The summed E-state index contributed by atoms with van der Waals surface area (Å²) in [6.07, 6.45) is 0.712. The molecule has 4 aromatic rings. The van der Waals surface area contributed by atoms with E-state index in [4.69, 9.17) is 10.1 Å². The average Bonchev–Trinajstić information content (AvgIpc) is 2.93. The van der Waals surface area contributed by atoms with Gasteiger partial charge in [-0.1, -0.05) is 48.0 Å². The van der Waals surface area contributed by atoms with Crippen LogP contribution in [0, 0.1) is 13.8 Å². The lowest BCUT2D eigenvalue weighted by Crippen LogP contribution is -2.16. The standard InChI is InChI=1S/C30H28N2O5.CH2O/c1-19-4-14-26(30(34)35)27(15-19)29(33)32-25-12-7-22(8-13-25)17-21-5-10-24(11-6-21)31-28-16-20(2)3-9-23(28)18-37-36;1-2/h3-16,31,36H,17-18H2,1-2H3,(H,32,33)(H,34,35);1H2. The largest absolute Gasteiger partial charge is 0.478 e. The van der Waals surface area contributed by atoms with Gasteiger partial charge >= 0.3 is 5.97 Å². The molecule has 1 amide bonds. The van der Waals surface area contributed by atoms with Crippen molar-refractivity contribution in [2.45, 2.75) is 26.9 Å². The van der Waals surface area contributed by atoms with E-state index in [0.717, 1.165) is 39.2 Å². The molecule has 0 aliphatic carbocycles. The first-order chi connectivity index (χ1) is 18.8. The Morgan fingerprint density at radius 1 is 0.769 bits per heavy atom. The quantitative estimate of drug-likeness (QED) is 0.147. The number of carbonyl (C=O) groups excluding carboxylic acids is 2. The maximum atomic E-state index is 12.7. The Morgan fingerprint density at radius 2 is 1.33 bits per heavy atom. The number of carboxylic acid groups (broad SMARTS) is 1. The third-order valence-corrected chi connectivity index (χ3v) is 5.99. The van der Waals surface area contributed by atoms with Crippen LogP contribution in [0.15, 0.2) is 84.9 Å². The normalized spacial score (nSPS) is 10.2. The summed E-state index contributed by atoms with van der Waals surface area (Å²) in [6.45, 7) is 5.92. The minimum Gasteiger partial charge on any atom is -0.478 e. The molecule has 0 unspecified atom stereocenters. The van der Waals surface area contributed by atoms with Crippen molar-refractivity contribution in [1.82, 2.24) is 0 Å². The third kappa shape index (κ3) is 7.85. The van der Waals surface area contributed by atoms with Gasteiger partial charge in [-0.05, 0) is 79.4 Å². The molecule has 0 spiro atoms. The Hall–Kier alpha value is -4.79. The van der Waals surface area contributed by atoms with E-state index in [0.29, 0.717) is 12.1 Å². The molecule has 8 heteroatoms. The van der Waals surface area contributed by atoms with Crippen LogP contribution in [0.1, 0.15) is 48.5 Å². The van der Waals surface area contributed by atoms with Gasteiger partial charge in [-0.2, -0.15) is 0 Å². The maximum Gasteiger partial charge on any atom is 0.336 e. The number of benzene rings is 4. The number of rotatable bonds is 9. The van der Waals surface area contributed by atoms with E-state index in [1.165, 1.54) is 6.07 Å². The van der Waals surface area contributed by atoms with Crippen molar-refractivity contribution in [2.75, 3.05) is 10.6 Å². The first-order valence-electron chi connectivity index (χ1n) is 12.1. The molecule has 0 saturated heterocycles. The summed E-state index contributed by atoms with van der Waals surface area (Å²) in [6, 6.07) is 26.1. The van der Waals surface area contributed by atoms with Crippen LogP contribution in [0.25, 0.3) is 0 Å². The monoisotopic (exact) mass is 526 g/mol. The van der Waals surface area contributed by atoms with E-state index in [1.807, 2.05) is 87.4 Å². The van der Waals surface area contributed by atoms with Crippen LogP contribution in [0.5, 0.6) is 0 Å². The average molecular weight is 527 g/mol. The van der Waals surface area contributed by atoms with Crippen LogP contribution in [-0.2, 0) is 22.7 Å². The predicted molar refractivity (Wildman–Crippen MR) is 151 cm³/mol. The van der Waals surface area contributed by atoms with Crippen LogP contribution >= 0.6 is 0 Å². The number of carboxylic acids is 1. The third-order valence-electron chi connectivity index (χ3n) is 5.99. The minimum absolute atomic E-state index is 0.0296. The number of amides is 1. The fourth-order valence-electron chi connectivity index (χ4n) is 4.04. The molecule has 0 atom stereocenters. The summed E-state index contributed by atoms with van der Waals surface area (Å²) in [5.74, 6) is -1.60. The smallest absolute Gasteiger partial charge is 0.336 e. The highest BCUT2D eigenvalue weighted by Crippen LogP contribution is 2.24. The molecule has 0 aromatic heterocycles. The number of hydrogen-bond acceptors (Lipinski definition) is 6. The number of anilines is 3. The molecule has 0 saturated carbocycles. The van der Waals surface area contributed by atoms with E-state index in [2.05, 4.69) is 15.5 Å². The van der Waals surface area contributed by atoms with Crippen molar-refractivity contribution >= 4 is 35.7 Å². The second-order valence-corrected chi connectivity index (χ2v) is 8.94. The molecule has 0 aliphatic rings. The van der Waals surface area contributed by atoms with Crippen LogP contribution in [0.2, 0.25) is 0 Å². The number of nitrogens with one attached hydrogen (secondary N) is 2. The summed E-state index contributed by atoms with van der Waals surface area (Å²) < 4.78 is 0. The van der Waals surface area contributed by atoms with Crippen molar-refractivity contribution < 1.29 is 29.6 Å². The summed E-state index contributed by atoms with van der Waals surface area (Å²) in [5, 5.41) is 24.4. The fraction of sp³-hybridized carbons (Fsp3) is 0.129. The topological polar surface area (TPSA) is 125 Å². The lowest BCUT2D eigenvalue weighted by Gasteiger charge is -2.13. The highest BCUT2D eigenvalue weighted by molar-refractivity contribution is 6.10. The molecule has 0 heterocycles. The zero-order valence-electron chi connectivity index (χ0n) is 21.7. The maximum absolute atomic E-state index is 12.7. The number of aromatic carboxylic acids is 1. The lowest BCUT2D eigenvalue weighted by molar-refractivity contribution is -0.252. The zero-order valence-corrected chi connectivity index (χ0v) is 21.7. The molecule has 8 nitrogen and oxygen atoms in total. The lowest BCUT2D eigenvalue weighted by atomic mass is 10.0. The molecule has 0 aliphatic heterocycles. The first kappa shape index (κ1) is 28.8. The molecule has 200 valence electrons. The van der Waals surface area contributed by atoms with Crippen molar-refractivity contribution in [3.05, 3.63) is 124 Å². The van der Waals surface area contributed by atoms with Gasteiger partial charge in [0.2, 0.25) is 0 Å². The Balaban J connectivity index is 0.00000205. The summed E-state index contributed by atoms with van der Waals surface area (Å²) in [5.41, 5.74) is 7.44. The van der Waals surface area contributed by atoms with Crippen molar-refractivity contribution in [1.29, 1.82) is 0 Å². The van der Waals surface area contributed by atoms with Gasteiger partial charge in [-0.15, -0.1) is 0 Å². The fourth-order valence-corrected chi connectivity index (χ4v) is 4.04. The SMILES string of the molecule is C=O.Cc1ccc(COO)c(Nc2ccc(Cc3ccc(NC(=O)c4cc(C)ccc4C(=O)O)cc3)cc2)c1. The van der Waals surface area contributed by atoms with Crippen molar-refractivity contribution in [3.8, 4) is 0 Å². The summed E-state index contributed by atoms with van der Waals surface area (Å²) in [7, 11) is 0. The second kappa shape index (κ2) is 13.7. The molecule has 0 bridgehead atoms. The number of carbonyl (C=O) groups is 3. The molecule has 4 aromatic carbocycles. The van der Waals surface area contributed by atoms with Crippen molar-refractivity contribution in [2.24, 2.45) is 0 Å². The van der Waals surface area contributed by atoms with E-state index in [-0.39, 0.29) is 17.7 Å². The first-order valence-corrected chi connectivity index (χ1v) is 12.1. The highest BCUT2D eigenvalue weighted by atomic mass is 17.1. The van der Waals surface area contributed by atoms with E-state index in [1.54, 1.807) is 12.1 Å². The van der Waals surface area contributed by atoms with Gasteiger partial charge in [0, 0.05) is 22.6 Å².